The minimum Gasteiger partial charge on any atom is -0.475 e. The Morgan fingerprint density at radius 3 is 2.39 bits per heavy atom. The zero-order valence-corrected chi connectivity index (χ0v) is 18.3. The van der Waals surface area contributed by atoms with Crippen LogP contribution in [0, 0.1) is 0 Å². The van der Waals surface area contributed by atoms with Crippen molar-refractivity contribution in [3.63, 3.8) is 0 Å². The predicted octanol–water partition coefficient (Wildman–Crippen LogP) is 5.23. The molecule has 172 valence electrons. The average Bonchev–Trinajstić information content (AvgIpc) is 3.25. The number of pyridine rings is 2. The molecule has 0 radical (unpaired) electrons. The molecule has 0 aliphatic carbocycles. The number of alkyl halides is 3. The van der Waals surface area contributed by atoms with Crippen molar-refractivity contribution in [2.75, 3.05) is 11.1 Å². The SMILES string of the molecule is CC(C)c1nnc(-c2cc3nccc(Nc4ccccc4)c3nc2N)s1.O=C(O)C(F)(F)F. The van der Waals surface area contributed by atoms with E-state index in [1.165, 1.54) is 11.3 Å². The van der Waals surface area contributed by atoms with Crippen molar-refractivity contribution in [1.82, 2.24) is 20.2 Å². The van der Waals surface area contributed by atoms with E-state index in [1.54, 1.807) is 6.20 Å². The van der Waals surface area contributed by atoms with E-state index in [0.717, 1.165) is 38.0 Å². The van der Waals surface area contributed by atoms with Gasteiger partial charge in [0.1, 0.15) is 16.3 Å². The van der Waals surface area contributed by atoms with Gasteiger partial charge >= 0.3 is 12.1 Å². The summed E-state index contributed by atoms with van der Waals surface area (Å²) in [6, 6.07) is 13.8. The number of carboxylic acid groups (broad SMARTS) is 1. The number of aliphatic carboxylic acids is 1. The molecule has 0 atom stereocenters. The van der Waals surface area contributed by atoms with Gasteiger partial charge < -0.3 is 16.2 Å². The van der Waals surface area contributed by atoms with Crippen molar-refractivity contribution in [1.29, 1.82) is 0 Å². The van der Waals surface area contributed by atoms with E-state index >= 15 is 0 Å². The van der Waals surface area contributed by atoms with Crippen LogP contribution >= 0.6 is 11.3 Å². The van der Waals surface area contributed by atoms with Crippen LogP contribution in [0.5, 0.6) is 0 Å². The highest BCUT2D eigenvalue weighted by molar-refractivity contribution is 7.14. The third-order valence-electron chi connectivity index (χ3n) is 4.20. The van der Waals surface area contributed by atoms with E-state index in [-0.39, 0.29) is 0 Å². The van der Waals surface area contributed by atoms with Gasteiger partial charge in [0.25, 0.3) is 0 Å². The fourth-order valence-electron chi connectivity index (χ4n) is 2.61. The first-order chi connectivity index (χ1) is 15.6. The molecule has 0 bridgehead atoms. The van der Waals surface area contributed by atoms with Gasteiger partial charge in [0.2, 0.25) is 0 Å². The molecular formula is C21H19F3N6O2S. The zero-order valence-electron chi connectivity index (χ0n) is 17.5. The molecule has 0 aliphatic rings. The minimum absolute atomic E-state index is 0.329. The van der Waals surface area contributed by atoms with Crippen LogP contribution in [-0.2, 0) is 4.79 Å². The third kappa shape index (κ3) is 5.92. The number of nitrogens with one attached hydrogen (secondary N) is 1. The maximum absolute atomic E-state index is 10.6. The van der Waals surface area contributed by atoms with Crippen LogP contribution in [0.2, 0.25) is 0 Å². The number of rotatable bonds is 4. The maximum Gasteiger partial charge on any atom is 0.490 e. The second-order valence-electron chi connectivity index (χ2n) is 7.04. The van der Waals surface area contributed by atoms with Crippen LogP contribution in [0.1, 0.15) is 24.8 Å². The summed E-state index contributed by atoms with van der Waals surface area (Å²) >= 11 is 1.54. The number of benzene rings is 1. The normalized spacial score (nSPS) is 11.2. The first kappa shape index (κ1) is 23.9. The molecule has 4 N–H and O–H groups in total. The van der Waals surface area contributed by atoms with Gasteiger partial charge in [-0.3, -0.25) is 4.98 Å². The van der Waals surface area contributed by atoms with Gasteiger partial charge in [-0.05, 0) is 24.3 Å². The average molecular weight is 476 g/mol. The van der Waals surface area contributed by atoms with Crippen LogP contribution in [0.25, 0.3) is 21.6 Å². The number of para-hydroxylation sites is 1. The Balaban J connectivity index is 0.000000383. The highest BCUT2D eigenvalue weighted by atomic mass is 32.1. The summed E-state index contributed by atoms with van der Waals surface area (Å²) in [4.78, 5) is 17.9. The second-order valence-corrected chi connectivity index (χ2v) is 8.05. The van der Waals surface area contributed by atoms with Crippen LogP contribution in [0.15, 0.2) is 48.7 Å². The highest BCUT2D eigenvalue weighted by Crippen LogP contribution is 2.34. The Labute approximate surface area is 190 Å². The topological polar surface area (TPSA) is 127 Å². The zero-order chi connectivity index (χ0) is 24.2. The van der Waals surface area contributed by atoms with E-state index in [1.807, 2.05) is 42.5 Å². The maximum atomic E-state index is 10.6. The van der Waals surface area contributed by atoms with Crippen molar-refractivity contribution < 1.29 is 23.1 Å². The summed E-state index contributed by atoms with van der Waals surface area (Å²) in [7, 11) is 0. The summed E-state index contributed by atoms with van der Waals surface area (Å²) in [5.41, 5.74) is 10.3. The van der Waals surface area contributed by atoms with Crippen molar-refractivity contribution >= 4 is 45.5 Å². The van der Waals surface area contributed by atoms with E-state index < -0.39 is 12.1 Å². The lowest BCUT2D eigenvalue weighted by Crippen LogP contribution is -2.21. The quantitative estimate of drug-likeness (QED) is 0.365. The molecule has 0 aliphatic heterocycles. The smallest absolute Gasteiger partial charge is 0.475 e. The van der Waals surface area contributed by atoms with E-state index in [4.69, 9.17) is 15.6 Å². The molecule has 4 aromatic rings. The number of aromatic nitrogens is 4. The number of nitrogens with two attached hydrogens (primary N) is 1. The van der Waals surface area contributed by atoms with Crippen LogP contribution in [0.3, 0.4) is 0 Å². The Bertz CT molecular complexity index is 1260. The van der Waals surface area contributed by atoms with Crippen LogP contribution < -0.4 is 11.1 Å². The fraction of sp³-hybridized carbons (Fsp3) is 0.190. The molecule has 1 aromatic carbocycles. The summed E-state index contributed by atoms with van der Waals surface area (Å²) in [5.74, 6) is -2.00. The van der Waals surface area contributed by atoms with Gasteiger partial charge in [-0.15, -0.1) is 10.2 Å². The van der Waals surface area contributed by atoms with Gasteiger partial charge in [-0.1, -0.05) is 43.4 Å². The molecule has 33 heavy (non-hydrogen) atoms. The third-order valence-corrected chi connectivity index (χ3v) is 5.46. The molecule has 4 rings (SSSR count). The number of carbonyl (C=O) groups is 1. The molecule has 0 fully saturated rings. The lowest BCUT2D eigenvalue weighted by molar-refractivity contribution is -0.192. The van der Waals surface area contributed by atoms with Gasteiger partial charge in [0.05, 0.1) is 16.8 Å². The molecule has 12 heteroatoms. The summed E-state index contributed by atoms with van der Waals surface area (Å²) in [6.45, 7) is 4.19. The first-order valence-corrected chi connectivity index (χ1v) is 10.4. The molecule has 0 unspecified atom stereocenters. The molecular weight excluding hydrogens is 457 g/mol. The Hall–Kier alpha value is -3.80. The first-order valence-electron chi connectivity index (χ1n) is 9.57. The van der Waals surface area contributed by atoms with Gasteiger partial charge in [-0.25, -0.2) is 9.78 Å². The van der Waals surface area contributed by atoms with E-state index in [2.05, 4.69) is 39.3 Å². The Kier molecular flexibility index (Phi) is 7.07. The monoisotopic (exact) mass is 476 g/mol. The highest BCUT2D eigenvalue weighted by Gasteiger charge is 2.38. The molecule has 0 spiro atoms. The fourth-order valence-corrected chi connectivity index (χ4v) is 3.48. The van der Waals surface area contributed by atoms with E-state index in [0.29, 0.717) is 11.7 Å². The van der Waals surface area contributed by atoms with Crippen molar-refractivity contribution in [2.45, 2.75) is 25.9 Å². The molecule has 3 heterocycles. The van der Waals surface area contributed by atoms with Crippen molar-refractivity contribution in [3.05, 3.63) is 53.7 Å². The number of anilines is 3. The largest absolute Gasteiger partial charge is 0.490 e. The van der Waals surface area contributed by atoms with Gasteiger partial charge in [0.15, 0.2) is 5.01 Å². The van der Waals surface area contributed by atoms with Crippen molar-refractivity contribution in [3.8, 4) is 10.6 Å². The summed E-state index contributed by atoms with van der Waals surface area (Å²) in [6.07, 6.45) is -3.32. The summed E-state index contributed by atoms with van der Waals surface area (Å²) < 4.78 is 31.7. The lowest BCUT2D eigenvalue weighted by atomic mass is 10.2. The van der Waals surface area contributed by atoms with Crippen LogP contribution in [-0.4, -0.2) is 37.4 Å². The number of hydrogen-bond acceptors (Lipinski definition) is 8. The van der Waals surface area contributed by atoms with Crippen LogP contribution in [0.4, 0.5) is 30.4 Å². The number of hydrogen-bond donors (Lipinski definition) is 3. The van der Waals surface area contributed by atoms with Crippen molar-refractivity contribution in [2.24, 2.45) is 0 Å². The Morgan fingerprint density at radius 2 is 1.82 bits per heavy atom. The molecule has 0 amide bonds. The summed E-state index contributed by atoms with van der Waals surface area (Å²) in [5, 5.41) is 20.7. The second kappa shape index (κ2) is 9.77. The number of nitrogens with zero attached hydrogens (tertiary/aromatic N) is 4. The Morgan fingerprint density at radius 1 is 1.15 bits per heavy atom. The minimum atomic E-state index is -5.08. The predicted molar refractivity (Wildman–Crippen MR) is 120 cm³/mol. The van der Waals surface area contributed by atoms with Gasteiger partial charge in [0, 0.05) is 17.8 Å². The molecule has 0 saturated carbocycles. The number of carboxylic acids is 1. The number of fused-ring (bicyclic) bond motifs is 1. The molecule has 3 aromatic heterocycles. The standard InChI is InChI=1S/C19H18N6S.C2HF3O2/c1-11(2)18-24-25-19(26-18)13-10-15-16(23-17(13)20)14(8-9-21-15)22-12-6-4-3-5-7-12;3-2(4,5)1(6)7/h3-11H,1-2H3,(H2,20,23)(H,21,22);(H,6,7). The number of halogens is 3. The lowest BCUT2D eigenvalue weighted by Gasteiger charge is -2.10. The van der Waals surface area contributed by atoms with Gasteiger partial charge in [-0.2, -0.15) is 13.2 Å². The van der Waals surface area contributed by atoms with E-state index in [9.17, 15) is 13.2 Å². The molecule has 0 saturated heterocycles. The number of nitrogen functional groups attached to an aromatic ring is 1. The molecule has 8 nitrogen and oxygen atoms in total.